The van der Waals surface area contributed by atoms with Crippen molar-refractivity contribution in [2.24, 2.45) is 11.1 Å². The number of nitrogens with zero attached hydrogens (tertiary/aromatic N) is 2. The van der Waals surface area contributed by atoms with Gasteiger partial charge >= 0.3 is 12.3 Å². The van der Waals surface area contributed by atoms with E-state index < -0.39 is 40.7 Å². The van der Waals surface area contributed by atoms with Crippen LogP contribution in [-0.2, 0) is 15.7 Å². The summed E-state index contributed by atoms with van der Waals surface area (Å²) in [6.45, 7) is 5.17. The first-order valence-electron chi connectivity index (χ1n) is 8.65. The molecule has 1 aromatic rings. The number of hydrogen-bond acceptors (Lipinski definition) is 4. The largest absolute Gasteiger partial charge is 0.444 e. The minimum absolute atomic E-state index is 0.104. The molecule has 28 heavy (non-hydrogen) atoms. The van der Waals surface area contributed by atoms with E-state index in [2.05, 4.69) is 6.07 Å². The third-order valence-corrected chi connectivity index (χ3v) is 4.58. The van der Waals surface area contributed by atoms with E-state index in [-0.39, 0.29) is 25.1 Å². The number of benzene rings is 1. The highest BCUT2D eigenvalue weighted by Crippen LogP contribution is 2.44. The molecular formula is C19H22F3N3O3. The molecule has 0 saturated carbocycles. The lowest BCUT2D eigenvalue weighted by Gasteiger charge is -2.30. The average molecular weight is 397 g/mol. The predicted molar refractivity (Wildman–Crippen MR) is 93.8 cm³/mol. The van der Waals surface area contributed by atoms with Gasteiger partial charge in [-0.05, 0) is 44.9 Å². The summed E-state index contributed by atoms with van der Waals surface area (Å²) in [6.07, 6.45) is -4.99. The Bertz CT molecular complexity index is 794. The number of likely N-dealkylation sites (tertiary alicyclic amines) is 1. The quantitative estimate of drug-likeness (QED) is 0.845. The number of halogens is 3. The van der Waals surface area contributed by atoms with Crippen LogP contribution in [-0.4, -0.2) is 35.6 Å². The number of alkyl halides is 3. The maximum absolute atomic E-state index is 12.8. The van der Waals surface area contributed by atoms with E-state index >= 15 is 0 Å². The summed E-state index contributed by atoms with van der Waals surface area (Å²) < 4.78 is 43.7. The van der Waals surface area contributed by atoms with Gasteiger partial charge in [0.05, 0.1) is 23.0 Å². The number of rotatable bonds is 3. The van der Waals surface area contributed by atoms with Crippen LogP contribution in [0.15, 0.2) is 24.3 Å². The number of nitrogens with two attached hydrogens (primary N) is 1. The van der Waals surface area contributed by atoms with Crippen molar-refractivity contribution in [3.63, 3.8) is 0 Å². The Morgan fingerprint density at radius 1 is 1.25 bits per heavy atom. The van der Waals surface area contributed by atoms with E-state index in [0.717, 1.165) is 24.3 Å². The van der Waals surface area contributed by atoms with Gasteiger partial charge in [-0.15, -0.1) is 0 Å². The van der Waals surface area contributed by atoms with Crippen LogP contribution in [0, 0.1) is 16.7 Å². The fourth-order valence-corrected chi connectivity index (χ4v) is 3.33. The van der Waals surface area contributed by atoms with Crippen LogP contribution in [0.25, 0.3) is 0 Å². The van der Waals surface area contributed by atoms with Crippen molar-refractivity contribution in [2.45, 2.75) is 44.9 Å². The lowest BCUT2D eigenvalue weighted by atomic mass is 9.71. The van der Waals surface area contributed by atoms with E-state index in [4.69, 9.17) is 10.5 Å². The minimum atomic E-state index is -4.52. The number of amides is 2. The average Bonchev–Trinajstić information content (AvgIpc) is 2.98. The van der Waals surface area contributed by atoms with Gasteiger partial charge in [0.1, 0.15) is 5.60 Å². The van der Waals surface area contributed by atoms with Crippen LogP contribution in [0.3, 0.4) is 0 Å². The number of hydrogen-bond donors (Lipinski definition) is 1. The molecule has 1 aliphatic rings. The van der Waals surface area contributed by atoms with Gasteiger partial charge in [-0.1, -0.05) is 12.1 Å². The number of primary amides is 1. The first-order chi connectivity index (χ1) is 12.8. The third kappa shape index (κ3) is 4.55. The van der Waals surface area contributed by atoms with Gasteiger partial charge in [0, 0.05) is 13.1 Å². The number of nitriles is 1. The van der Waals surface area contributed by atoms with Crippen LogP contribution < -0.4 is 5.73 Å². The van der Waals surface area contributed by atoms with Crippen LogP contribution in [0.1, 0.15) is 44.2 Å². The van der Waals surface area contributed by atoms with Gasteiger partial charge in [0.15, 0.2) is 0 Å². The van der Waals surface area contributed by atoms with Crippen molar-refractivity contribution < 1.29 is 27.5 Å². The molecule has 2 atom stereocenters. The number of carbonyl (C=O) groups excluding carboxylic acids is 2. The molecule has 0 aromatic heterocycles. The second-order valence-corrected chi connectivity index (χ2v) is 7.87. The first-order valence-corrected chi connectivity index (χ1v) is 8.65. The highest BCUT2D eigenvalue weighted by molar-refractivity contribution is 5.84. The van der Waals surface area contributed by atoms with Crippen molar-refractivity contribution in [1.82, 2.24) is 4.90 Å². The van der Waals surface area contributed by atoms with Gasteiger partial charge in [-0.25, -0.2) is 4.79 Å². The van der Waals surface area contributed by atoms with Crippen molar-refractivity contribution in [2.75, 3.05) is 13.1 Å². The standard InChI is InChI=1S/C19H22F3N3O3/c1-17(2,3)28-16(27)25-9-8-18(10-23,11-25)14(15(24)26)12-4-6-13(7-5-12)19(20,21)22/h4-7,14H,8-9,11H2,1-3H3,(H2,24,26). The molecule has 1 aromatic carbocycles. The van der Waals surface area contributed by atoms with Crippen LogP contribution in [0.4, 0.5) is 18.0 Å². The second-order valence-electron chi connectivity index (χ2n) is 7.87. The zero-order chi connectivity index (χ0) is 21.3. The zero-order valence-corrected chi connectivity index (χ0v) is 15.8. The van der Waals surface area contributed by atoms with E-state index in [1.54, 1.807) is 20.8 Å². The molecule has 1 heterocycles. The topological polar surface area (TPSA) is 96.4 Å². The highest BCUT2D eigenvalue weighted by atomic mass is 19.4. The summed E-state index contributed by atoms with van der Waals surface area (Å²) in [5.41, 5.74) is 2.77. The van der Waals surface area contributed by atoms with Gasteiger partial charge in [0.25, 0.3) is 0 Å². The molecule has 152 valence electrons. The molecule has 1 fully saturated rings. The van der Waals surface area contributed by atoms with E-state index in [1.165, 1.54) is 4.90 Å². The summed E-state index contributed by atoms with van der Waals surface area (Å²) in [5, 5.41) is 9.80. The summed E-state index contributed by atoms with van der Waals surface area (Å²) in [7, 11) is 0. The monoisotopic (exact) mass is 397 g/mol. The summed E-state index contributed by atoms with van der Waals surface area (Å²) in [6, 6.07) is 6.06. The molecular weight excluding hydrogens is 375 g/mol. The van der Waals surface area contributed by atoms with Gasteiger partial charge < -0.3 is 15.4 Å². The Morgan fingerprint density at radius 2 is 1.82 bits per heavy atom. The summed E-state index contributed by atoms with van der Waals surface area (Å²) in [5.74, 6) is -2.00. The highest BCUT2D eigenvalue weighted by Gasteiger charge is 2.50. The van der Waals surface area contributed by atoms with Crippen molar-refractivity contribution in [1.29, 1.82) is 5.26 Å². The molecule has 6 nitrogen and oxygen atoms in total. The van der Waals surface area contributed by atoms with Crippen LogP contribution >= 0.6 is 0 Å². The fourth-order valence-electron chi connectivity index (χ4n) is 3.33. The normalized spacial score (nSPS) is 21.1. The molecule has 1 saturated heterocycles. The molecule has 2 N–H and O–H groups in total. The third-order valence-electron chi connectivity index (χ3n) is 4.58. The second kappa shape index (κ2) is 7.34. The fraction of sp³-hybridized carbons (Fsp3) is 0.526. The lowest BCUT2D eigenvalue weighted by Crippen LogP contribution is -2.41. The Hall–Kier alpha value is -2.76. The molecule has 0 radical (unpaired) electrons. The smallest absolute Gasteiger partial charge is 0.416 e. The SMILES string of the molecule is CC(C)(C)OC(=O)N1CCC(C#N)(C(C(N)=O)c2ccc(C(F)(F)F)cc2)C1. The van der Waals surface area contributed by atoms with Crippen LogP contribution in [0.5, 0.6) is 0 Å². The van der Waals surface area contributed by atoms with Crippen molar-refractivity contribution in [3.8, 4) is 6.07 Å². The van der Waals surface area contributed by atoms with Gasteiger partial charge in [-0.2, -0.15) is 18.4 Å². The molecule has 2 unspecified atom stereocenters. The Kier molecular flexibility index (Phi) is 5.64. The molecule has 1 aliphatic heterocycles. The molecule has 2 rings (SSSR count). The Morgan fingerprint density at radius 3 is 2.25 bits per heavy atom. The summed E-state index contributed by atoms with van der Waals surface area (Å²) in [4.78, 5) is 25.8. The van der Waals surface area contributed by atoms with E-state index in [1.807, 2.05) is 0 Å². The number of carbonyl (C=O) groups is 2. The Labute approximate surface area is 161 Å². The molecule has 0 aliphatic carbocycles. The Balaban J connectivity index is 2.33. The van der Waals surface area contributed by atoms with E-state index in [0.29, 0.717) is 0 Å². The minimum Gasteiger partial charge on any atom is -0.444 e. The first kappa shape index (κ1) is 21.5. The molecule has 9 heteroatoms. The zero-order valence-electron chi connectivity index (χ0n) is 15.8. The van der Waals surface area contributed by atoms with Crippen molar-refractivity contribution >= 4 is 12.0 Å². The molecule has 2 amide bonds. The maximum Gasteiger partial charge on any atom is 0.416 e. The van der Waals surface area contributed by atoms with Crippen LogP contribution in [0.2, 0.25) is 0 Å². The lowest BCUT2D eigenvalue weighted by molar-refractivity contribution is -0.137. The van der Waals surface area contributed by atoms with Gasteiger partial charge in [0.2, 0.25) is 5.91 Å². The van der Waals surface area contributed by atoms with Gasteiger partial charge in [-0.3, -0.25) is 4.79 Å². The predicted octanol–water partition coefficient (Wildman–Crippen LogP) is 3.43. The maximum atomic E-state index is 12.8. The molecule has 0 spiro atoms. The number of ether oxygens (including phenoxy) is 1. The molecule has 0 bridgehead atoms. The van der Waals surface area contributed by atoms with Crippen molar-refractivity contribution in [3.05, 3.63) is 35.4 Å². The summed E-state index contributed by atoms with van der Waals surface area (Å²) >= 11 is 0. The van der Waals surface area contributed by atoms with E-state index in [9.17, 15) is 28.0 Å².